The van der Waals surface area contributed by atoms with E-state index in [1.165, 1.54) is 9.71 Å². The van der Waals surface area contributed by atoms with Crippen molar-refractivity contribution < 1.29 is 8.42 Å². The molecule has 8 heteroatoms. The number of aryl methyl sites for hydroxylation is 1. The van der Waals surface area contributed by atoms with Crippen molar-refractivity contribution in [3.63, 3.8) is 0 Å². The number of hydrogen-bond donors (Lipinski definition) is 0. The van der Waals surface area contributed by atoms with Gasteiger partial charge in [-0.05, 0) is 18.6 Å². The van der Waals surface area contributed by atoms with Gasteiger partial charge in [0.05, 0.1) is 0 Å². The molecule has 1 aromatic carbocycles. The third-order valence-corrected chi connectivity index (χ3v) is 5.97. The molecule has 0 saturated carbocycles. The molecule has 0 unspecified atom stereocenters. The maximum Gasteiger partial charge on any atom is 0.236 e. The van der Waals surface area contributed by atoms with Crippen molar-refractivity contribution in [3.8, 4) is 0 Å². The zero-order valence-corrected chi connectivity index (χ0v) is 16.7. The van der Waals surface area contributed by atoms with Crippen molar-refractivity contribution in [1.29, 1.82) is 0 Å². The van der Waals surface area contributed by atoms with Crippen LogP contribution in [0.2, 0.25) is 0 Å². The van der Waals surface area contributed by atoms with E-state index < -0.39 is 10.0 Å². The summed E-state index contributed by atoms with van der Waals surface area (Å²) in [4.78, 5) is 13.1. The summed E-state index contributed by atoms with van der Waals surface area (Å²) in [6.07, 6.45) is 1.63. The maximum atomic E-state index is 12.6. The number of nitrogens with zero attached hydrogens (tertiary/aromatic N) is 5. The molecule has 1 fully saturated rings. The Hall–Kier alpha value is -2.45. The zero-order chi connectivity index (χ0) is 19.4. The first-order chi connectivity index (χ1) is 12.8. The molecule has 27 heavy (non-hydrogen) atoms. The van der Waals surface area contributed by atoms with E-state index in [1.807, 2.05) is 67.2 Å². The molecule has 1 aromatic heterocycles. The Kier molecular flexibility index (Phi) is 5.76. The van der Waals surface area contributed by atoms with Crippen LogP contribution in [0.1, 0.15) is 11.3 Å². The first kappa shape index (κ1) is 19.3. The number of sulfonamides is 1. The van der Waals surface area contributed by atoms with Crippen LogP contribution in [-0.2, 0) is 10.0 Å². The minimum Gasteiger partial charge on any atom is -0.363 e. The van der Waals surface area contributed by atoms with Crippen LogP contribution in [0.4, 0.5) is 11.8 Å². The molecule has 3 rings (SSSR count). The van der Waals surface area contributed by atoms with Crippen molar-refractivity contribution in [1.82, 2.24) is 14.3 Å². The highest BCUT2D eigenvalue weighted by Crippen LogP contribution is 2.19. The fourth-order valence-electron chi connectivity index (χ4n) is 2.86. The first-order valence-corrected chi connectivity index (χ1v) is 10.4. The van der Waals surface area contributed by atoms with E-state index in [0.717, 1.165) is 17.1 Å². The normalized spacial score (nSPS) is 16.0. The number of rotatable bonds is 5. The smallest absolute Gasteiger partial charge is 0.236 e. The number of benzene rings is 1. The van der Waals surface area contributed by atoms with Gasteiger partial charge < -0.3 is 9.80 Å². The van der Waals surface area contributed by atoms with Gasteiger partial charge in [-0.25, -0.2) is 13.4 Å². The standard InChI is InChI=1S/C19H25N5O2S/c1-16-15-18(22(2)3)21-19(20-16)23-10-12-24(13-11-23)27(25,26)14-9-17-7-5-4-6-8-17/h4-9,14-15H,10-13H2,1-3H3/b14-9+. The van der Waals surface area contributed by atoms with Crippen LogP contribution < -0.4 is 9.80 Å². The van der Waals surface area contributed by atoms with E-state index in [2.05, 4.69) is 9.97 Å². The lowest BCUT2D eigenvalue weighted by Crippen LogP contribution is -2.48. The molecule has 144 valence electrons. The topological polar surface area (TPSA) is 69.6 Å². The first-order valence-electron chi connectivity index (χ1n) is 8.86. The highest BCUT2D eigenvalue weighted by molar-refractivity contribution is 7.92. The fourth-order valence-corrected chi connectivity index (χ4v) is 4.04. The molecule has 0 bridgehead atoms. The molecule has 0 aliphatic carbocycles. The highest BCUT2D eigenvalue weighted by atomic mass is 32.2. The maximum absolute atomic E-state index is 12.6. The van der Waals surface area contributed by atoms with Crippen molar-refractivity contribution in [2.45, 2.75) is 6.92 Å². The predicted molar refractivity (Wildman–Crippen MR) is 109 cm³/mol. The molecule has 1 saturated heterocycles. The second-order valence-corrected chi connectivity index (χ2v) is 8.52. The molecule has 0 amide bonds. The van der Waals surface area contributed by atoms with Gasteiger partial charge in [0, 0.05) is 57.4 Å². The lowest BCUT2D eigenvalue weighted by molar-refractivity contribution is 0.387. The van der Waals surface area contributed by atoms with E-state index in [4.69, 9.17) is 0 Å². The SMILES string of the molecule is Cc1cc(N(C)C)nc(N2CCN(S(=O)(=O)/C=C/c3ccccc3)CC2)n1. The van der Waals surface area contributed by atoms with Crippen LogP contribution in [0.5, 0.6) is 0 Å². The van der Waals surface area contributed by atoms with Crippen LogP contribution >= 0.6 is 0 Å². The summed E-state index contributed by atoms with van der Waals surface area (Å²) in [5, 5.41) is 1.28. The van der Waals surface area contributed by atoms with E-state index in [9.17, 15) is 8.42 Å². The van der Waals surface area contributed by atoms with Gasteiger partial charge in [0.1, 0.15) is 5.82 Å². The van der Waals surface area contributed by atoms with Crippen molar-refractivity contribution >= 4 is 27.9 Å². The summed E-state index contributed by atoms with van der Waals surface area (Å²) < 4.78 is 26.7. The lowest BCUT2D eigenvalue weighted by atomic mass is 10.2. The summed E-state index contributed by atoms with van der Waals surface area (Å²) in [6, 6.07) is 11.4. The molecule has 2 aromatic rings. The number of hydrogen-bond acceptors (Lipinski definition) is 6. The van der Waals surface area contributed by atoms with Gasteiger partial charge in [0.15, 0.2) is 0 Å². The van der Waals surface area contributed by atoms with Crippen LogP contribution in [0.3, 0.4) is 0 Å². The van der Waals surface area contributed by atoms with Gasteiger partial charge in [-0.15, -0.1) is 0 Å². The average Bonchev–Trinajstić information content (AvgIpc) is 2.67. The fraction of sp³-hybridized carbons (Fsp3) is 0.368. The van der Waals surface area contributed by atoms with Gasteiger partial charge in [-0.3, -0.25) is 0 Å². The monoisotopic (exact) mass is 387 g/mol. The quantitative estimate of drug-likeness (QED) is 0.781. The second kappa shape index (κ2) is 8.06. The third kappa shape index (κ3) is 4.84. The van der Waals surface area contributed by atoms with Crippen molar-refractivity contribution in [2.24, 2.45) is 0 Å². The molecule has 1 aliphatic rings. The Bertz CT molecular complexity index is 905. The van der Waals surface area contributed by atoms with Crippen molar-refractivity contribution in [2.75, 3.05) is 50.1 Å². The molecule has 0 N–H and O–H groups in total. The Morgan fingerprint density at radius 2 is 1.70 bits per heavy atom. The van der Waals surface area contributed by atoms with Gasteiger partial charge in [0.2, 0.25) is 16.0 Å². The minimum atomic E-state index is -3.44. The van der Waals surface area contributed by atoms with Crippen LogP contribution in [0.15, 0.2) is 41.8 Å². The summed E-state index contributed by atoms with van der Waals surface area (Å²) in [7, 11) is 0.439. The second-order valence-electron chi connectivity index (χ2n) is 6.71. The van der Waals surface area contributed by atoms with Gasteiger partial charge in [-0.2, -0.15) is 9.29 Å². The average molecular weight is 388 g/mol. The van der Waals surface area contributed by atoms with E-state index in [-0.39, 0.29) is 0 Å². The van der Waals surface area contributed by atoms with E-state index >= 15 is 0 Å². The predicted octanol–water partition coefficient (Wildman–Crippen LogP) is 1.97. The molecular formula is C19H25N5O2S. The highest BCUT2D eigenvalue weighted by Gasteiger charge is 2.26. The Balaban J connectivity index is 1.67. The summed E-state index contributed by atoms with van der Waals surface area (Å²) >= 11 is 0. The molecule has 0 atom stereocenters. The molecule has 7 nitrogen and oxygen atoms in total. The van der Waals surface area contributed by atoms with Gasteiger partial charge >= 0.3 is 0 Å². The Labute approximate surface area is 161 Å². The Morgan fingerprint density at radius 3 is 2.33 bits per heavy atom. The van der Waals surface area contributed by atoms with E-state index in [0.29, 0.717) is 32.1 Å². The minimum absolute atomic E-state index is 0.413. The Morgan fingerprint density at radius 1 is 1.04 bits per heavy atom. The number of aromatic nitrogens is 2. The summed E-state index contributed by atoms with van der Waals surface area (Å²) in [6.45, 7) is 3.89. The van der Waals surface area contributed by atoms with Crippen molar-refractivity contribution in [3.05, 3.63) is 53.1 Å². The van der Waals surface area contributed by atoms with Crippen LogP contribution in [0.25, 0.3) is 6.08 Å². The molecule has 2 heterocycles. The largest absolute Gasteiger partial charge is 0.363 e. The van der Waals surface area contributed by atoms with Gasteiger partial charge in [0.25, 0.3) is 0 Å². The van der Waals surface area contributed by atoms with Gasteiger partial charge in [-0.1, -0.05) is 30.3 Å². The zero-order valence-electron chi connectivity index (χ0n) is 15.9. The lowest BCUT2D eigenvalue weighted by Gasteiger charge is -2.33. The number of anilines is 2. The number of piperazine rings is 1. The van der Waals surface area contributed by atoms with Crippen LogP contribution in [0, 0.1) is 6.92 Å². The van der Waals surface area contributed by atoms with Crippen LogP contribution in [-0.4, -0.2) is 63.0 Å². The molecule has 0 radical (unpaired) electrons. The molecular weight excluding hydrogens is 362 g/mol. The molecule has 0 spiro atoms. The summed E-state index contributed by atoms with van der Waals surface area (Å²) in [5.41, 5.74) is 1.76. The third-order valence-electron chi connectivity index (χ3n) is 4.40. The molecule has 1 aliphatic heterocycles. The summed E-state index contributed by atoms with van der Waals surface area (Å²) in [5.74, 6) is 1.49. The van der Waals surface area contributed by atoms with E-state index in [1.54, 1.807) is 6.08 Å².